The summed E-state index contributed by atoms with van der Waals surface area (Å²) >= 11 is 0. The summed E-state index contributed by atoms with van der Waals surface area (Å²) < 4.78 is 0. The fourth-order valence-corrected chi connectivity index (χ4v) is 4.84. The third-order valence-corrected chi connectivity index (χ3v) is 5.64. The summed E-state index contributed by atoms with van der Waals surface area (Å²) in [5, 5.41) is 19.7. The Morgan fingerprint density at radius 2 is 1.12 bits per heavy atom. The maximum atomic E-state index is 12.1. The first kappa shape index (κ1) is 23.3. The molecule has 0 aliphatic carbocycles. The van der Waals surface area contributed by atoms with E-state index in [1.807, 2.05) is 36.4 Å². The lowest BCUT2D eigenvalue weighted by molar-refractivity contribution is 0.0686. The van der Waals surface area contributed by atoms with E-state index in [2.05, 4.69) is 34.6 Å². The highest BCUT2D eigenvalue weighted by molar-refractivity contribution is 6.03. The van der Waals surface area contributed by atoms with Crippen LogP contribution in [0.15, 0.2) is 66.7 Å². The van der Waals surface area contributed by atoms with Gasteiger partial charge in [-0.1, -0.05) is 89.2 Å². The van der Waals surface area contributed by atoms with Crippen LogP contribution in [0.25, 0.3) is 22.3 Å². The molecule has 0 amide bonds. The van der Waals surface area contributed by atoms with E-state index in [0.717, 1.165) is 23.1 Å². The van der Waals surface area contributed by atoms with Gasteiger partial charge < -0.3 is 10.2 Å². The number of carboxylic acids is 2. The van der Waals surface area contributed by atoms with Crippen molar-refractivity contribution >= 4 is 11.9 Å². The fraction of sp³-hybridized carbons (Fsp3) is 0.286. The topological polar surface area (TPSA) is 74.6 Å². The van der Waals surface area contributed by atoms with E-state index >= 15 is 0 Å². The SMILES string of the molecule is CC(C)(C)CC(C)(C)c1cccc(-c2ccccc2C(=O)O)c1-c1ccccc1C(=O)O. The average molecular weight is 431 g/mol. The molecule has 166 valence electrons. The first-order valence-electron chi connectivity index (χ1n) is 10.7. The van der Waals surface area contributed by atoms with E-state index < -0.39 is 11.9 Å². The second-order valence-corrected chi connectivity index (χ2v) is 10.1. The zero-order valence-corrected chi connectivity index (χ0v) is 19.3. The van der Waals surface area contributed by atoms with Crippen molar-refractivity contribution in [1.29, 1.82) is 0 Å². The molecule has 0 saturated carbocycles. The van der Waals surface area contributed by atoms with Crippen LogP contribution in [0.4, 0.5) is 0 Å². The molecule has 0 radical (unpaired) electrons. The minimum Gasteiger partial charge on any atom is -0.478 e. The molecule has 2 N–H and O–H groups in total. The highest BCUT2D eigenvalue weighted by Gasteiger charge is 2.32. The molecule has 0 unspecified atom stereocenters. The van der Waals surface area contributed by atoms with Gasteiger partial charge >= 0.3 is 11.9 Å². The number of rotatable bonds is 6. The number of carboxylic acid groups (broad SMARTS) is 2. The van der Waals surface area contributed by atoms with Gasteiger partial charge in [-0.05, 0) is 57.2 Å². The van der Waals surface area contributed by atoms with Gasteiger partial charge in [-0.3, -0.25) is 0 Å². The summed E-state index contributed by atoms with van der Waals surface area (Å²) in [5.74, 6) is -2.03. The molecule has 32 heavy (non-hydrogen) atoms. The molecule has 4 heteroatoms. The number of benzene rings is 3. The first-order chi connectivity index (χ1) is 14.9. The minimum atomic E-state index is -1.02. The van der Waals surface area contributed by atoms with Crippen molar-refractivity contribution in [2.24, 2.45) is 5.41 Å². The lowest BCUT2D eigenvalue weighted by atomic mass is 9.69. The third kappa shape index (κ3) is 4.75. The Hall–Kier alpha value is -3.40. The van der Waals surface area contributed by atoms with Crippen LogP contribution >= 0.6 is 0 Å². The molecule has 0 aliphatic rings. The van der Waals surface area contributed by atoms with Gasteiger partial charge in [0.2, 0.25) is 0 Å². The van der Waals surface area contributed by atoms with Gasteiger partial charge in [-0.2, -0.15) is 0 Å². The molecule has 3 aromatic carbocycles. The molecular formula is C28H30O4. The fourth-order valence-electron chi connectivity index (χ4n) is 4.84. The maximum absolute atomic E-state index is 12.1. The number of hydrogen-bond acceptors (Lipinski definition) is 2. The number of carbonyl (C=O) groups is 2. The van der Waals surface area contributed by atoms with Gasteiger partial charge in [-0.25, -0.2) is 9.59 Å². The molecule has 0 heterocycles. The number of aromatic carboxylic acids is 2. The van der Waals surface area contributed by atoms with E-state index in [9.17, 15) is 19.8 Å². The molecule has 3 aromatic rings. The Bertz CT molecular complexity index is 1170. The van der Waals surface area contributed by atoms with Gasteiger partial charge in [0, 0.05) is 0 Å². The van der Waals surface area contributed by atoms with Crippen LogP contribution < -0.4 is 0 Å². The van der Waals surface area contributed by atoms with Gasteiger partial charge in [0.15, 0.2) is 0 Å². The van der Waals surface area contributed by atoms with Crippen LogP contribution in [0, 0.1) is 5.41 Å². The quantitative estimate of drug-likeness (QED) is 0.436. The molecule has 0 atom stereocenters. The maximum Gasteiger partial charge on any atom is 0.336 e. The standard InChI is InChI=1S/C28H30O4/c1-27(2,3)17-28(4,5)23-16-10-15-19(18-11-6-8-13-21(18)25(29)30)24(23)20-12-7-9-14-22(20)26(31)32/h6-16H,17H2,1-5H3,(H,29,30)(H,31,32). The van der Waals surface area contributed by atoms with Crippen LogP contribution in [0.3, 0.4) is 0 Å². The smallest absolute Gasteiger partial charge is 0.336 e. The summed E-state index contributed by atoms with van der Waals surface area (Å²) in [6.07, 6.45) is 0.867. The summed E-state index contributed by atoms with van der Waals surface area (Å²) in [6.45, 7) is 10.9. The monoisotopic (exact) mass is 430 g/mol. The van der Waals surface area contributed by atoms with Gasteiger partial charge in [0.05, 0.1) is 11.1 Å². The largest absolute Gasteiger partial charge is 0.478 e. The second kappa shape index (κ2) is 8.62. The van der Waals surface area contributed by atoms with Crippen molar-refractivity contribution in [2.75, 3.05) is 0 Å². The minimum absolute atomic E-state index is 0.0437. The van der Waals surface area contributed by atoms with Crippen LogP contribution in [0.1, 0.15) is 67.3 Å². The van der Waals surface area contributed by atoms with Gasteiger partial charge in [-0.15, -0.1) is 0 Å². The molecular weight excluding hydrogens is 400 g/mol. The predicted octanol–water partition coefficient (Wildman–Crippen LogP) is 7.13. The Morgan fingerprint density at radius 1 is 0.656 bits per heavy atom. The van der Waals surface area contributed by atoms with E-state index in [1.54, 1.807) is 30.3 Å². The molecule has 0 aliphatic heterocycles. The molecule has 0 bridgehead atoms. The highest BCUT2D eigenvalue weighted by atomic mass is 16.4. The van der Waals surface area contributed by atoms with Gasteiger partial charge in [0.25, 0.3) is 0 Å². The van der Waals surface area contributed by atoms with E-state index in [1.165, 1.54) is 0 Å². The van der Waals surface area contributed by atoms with Crippen molar-refractivity contribution in [1.82, 2.24) is 0 Å². The van der Waals surface area contributed by atoms with Crippen LogP contribution in [0.5, 0.6) is 0 Å². The second-order valence-electron chi connectivity index (χ2n) is 10.1. The summed E-state index contributed by atoms with van der Waals surface area (Å²) in [7, 11) is 0. The first-order valence-corrected chi connectivity index (χ1v) is 10.7. The van der Waals surface area contributed by atoms with E-state index in [0.29, 0.717) is 11.1 Å². The molecule has 0 fully saturated rings. The lowest BCUT2D eigenvalue weighted by Gasteiger charge is -2.35. The average Bonchev–Trinajstić information content (AvgIpc) is 2.71. The highest BCUT2D eigenvalue weighted by Crippen LogP contribution is 2.45. The molecule has 0 saturated heterocycles. The van der Waals surface area contributed by atoms with Crippen LogP contribution in [-0.4, -0.2) is 22.2 Å². The lowest BCUT2D eigenvalue weighted by Crippen LogP contribution is -2.26. The zero-order chi connectivity index (χ0) is 23.7. The van der Waals surface area contributed by atoms with Crippen molar-refractivity contribution < 1.29 is 19.8 Å². The Balaban J connectivity index is 2.44. The van der Waals surface area contributed by atoms with Crippen LogP contribution in [0.2, 0.25) is 0 Å². The normalized spacial score (nSPS) is 11.9. The zero-order valence-electron chi connectivity index (χ0n) is 19.3. The summed E-state index contributed by atoms with van der Waals surface area (Å²) in [4.78, 5) is 24.1. The number of hydrogen-bond donors (Lipinski definition) is 2. The van der Waals surface area contributed by atoms with E-state index in [4.69, 9.17) is 0 Å². The van der Waals surface area contributed by atoms with Crippen molar-refractivity contribution in [2.45, 2.75) is 46.5 Å². The Kier molecular flexibility index (Phi) is 6.27. The van der Waals surface area contributed by atoms with Gasteiger partial charge in [0.1, 0.15) is 0 Å². The molecule has 0 spiro atoms. The Morgan fingerprint density at radius 3 is 1.66 bits per heavy atom. The third-order valence-electron chi connectivity index (χ3n) is 5.64. The summed E-state index contributed by atoms with van der Waals surface area (Å²) in [6, 6.07) is 19.7. The van der Waals surface area contributed by atoms with Crippen molar-refractivity contribution in [3.05, 3.63) is 83.4 Å². The van der Waals surface area contributed by atoms with E-state index in [-0.39, 0.29) is 22.0 Å². The summed E-state index contributed by atoms with van der Waals surface area (Å²) in [5.41, 5.74) is 3.79. The van der Waals surface area contributed by atoms with Crippen molar-refractivity contribution in [3.8, 4) is 22.3 Å². The Labute approximate surface area is 189 Å². The molecule has 0 aromatic heterocycles. The van der Waals surface area contributed by atoms with Crippen LogP contribution in [-0.2, 0) is 5.41 Å². The molecule has 3 rings (SSSR count). The molecule has 4 nitrogen and oxygen atoms in total. The predicted molar refractivity (Wildman–Crippen MR) is 128 cm³/mol. The van der Waals surface area contributed by atoms with Crippen molar-refractivity contribution in [3.63, 3.8) is 0 Å².